The van der Waals surface area contributed by atoms with Gasteiger partial charge in [-0.05, 0) is 12.1 Å². The molecule has 0 saturated carbocycles. The largest absolute Gasteiger partial charge is 0.467 e. The molecule has 3 heterocycles. The molecular weight excluding hydrogens is 431 g/mol. The molecule has 0 spiro atoms. The van der Waals surface area contributed by atoms with Crippen molar-refractivity contribution in [3.63, 3.8) is 0 Å². The summed E-state index contributed by atoms with van der Waals surface area (Å²) in [6, 6.07) is 4.55. The number of hydrogen-bond donors (Lipinski definition) is 0. The molecule has 2 aromatic heterocycles. The Morgan fingerprint density at radius 3 is 2.73 bits per heavy atom. The highest BCUT2D eigenvalue weighted by Crippen LogP contribution is 2.36. The zero-order valence-electron chi connectivity index (χ0n) is 16.2. The van der Waals surface area contributed by atoms with Crippen molar-refractivity contribution in [3.05, 3.63) is 47.0 Å². The van der Waals surface area contributed by atoms with E-state index < -0.39 is 24.1 Å². The number of anilines is 1. The van der Waals surface area contributed by atoms with E-state index in [-0.39, 0.29) is 0 Å². The van der Waals surface area contributed by atoms with Crippen molar-refractivity contribution in [1.29, 1.82) is 0 Å². The number of imidazole rings is 1. The van der Waals surface area contributed by atoms with Crippen LogP contribution in [-0.2, 0) is 19.1 Å². The fourth-order valence-corrected chi connectivity index (χ4v) is 4.08. The first kappa shape index (κ1) is 20.4. The standard InChI is InChI=1S/C20H18Cl2N4O4/c1-11(27)30-15-5-7-26(19(15)20(28)29-2)16-9-14(25-8-6-23-10-25)12-3-4-13(21)17(22)18(12)24-16/h3-4,6,8-10,15,19H,5,7H2,1-2H3/t15-,19-/m0/s1. The highest BCUT2D eigenvalue weighted by Gasteiger charge is 2.43. The van der Waals surface area contributed by atoms with Gasteiger partial charge < -0.3 is 18.9 Å². The molecule has 1 aliphatic heterocycles. The van der Waals surface area contributed by atoms with Gasteiger partial charge in [-0.2, -0.15) is 0 Å². The highest BCUT2D eigenvalue weighted by atomic mass is 35.5. The Hall–Kier alpha value is -2.84. The molecule has 0 unspecified atom stereocenters. The molecule has 8 nitrogen and oxygen atoms in total. The van der Waals surface area contributed by atoms with Crippen LogP contribution in [0.3, 0.4) is 0 Å². The number of rotatable bonds is 4. The van der Waals surface area contributed by atoms with E-state index in [4.69, 9.17) is 37.7 Å². The number of fused-ring (bicyclic) bond motifs is 1. The molecule has 156 valence electrons. The number of esters is 2. The van der Waals surface area contributed by atoms with Crippen molar-refractivity contribution >= 4 is 51.9 Å². The van der Waals surface area contributed by atoms with Crippen LogP contribution >= 0.6 is 23.2 Å². The Bertz CT molecular complexity index is 1120. The molecule has 2 atom stereocenters. The van der Waals surface area contributed by atoms with E-state index in [9.17, 15) is 9.59 Å². The number of methoxy groups -OCH3 is 1. The Kier molecular flexibility index (Phi) is 5.53. The SMILES string of the molecule is COC(=O)[C@@H]1[C@@H](OC(C)=O)CCN1c1cc(-n2ccnc2)c2ccc(Cl)c(Cl)c2n1. The summed E-state index contributed by atoms with van der Waals surface area (Å²) in [7, 11) is 1.30. The molecule has 0 amide bonds. The van der Waals surface area contributed by atoms with Gasteiger partial charge >= 0.3 is 11.9 Å². The fourth-order valence-electron chi connectivity index (χ4n) is 3.72. The maximum absolute atomic E-state index is 12.5. The third-order valence-electron chi connectivity index (χ3n) is 5.02. The maximum Gasteiger partial charge on any atom is 0.332 e. The van der Waals surface area contributed by atoms with Crippen molar-refractivity contribution in [3.8, 4) is 5.69 Å². The summed E-state index contributed by atoms with van der Waals surface area (Å²) in [5.41, 5.74) is 1.26. The lowest BCUT2D eigenvalue weighted by atomic mass is 10.1. The quantitative estimate of drug-likeness (QED) is 0.565. The first-order chi connectivity index (χ1) is 14.4. The van der Waals surface area contributed by atoms with Crippen LogP contribution in [0.5, 0.6) is 0 Å². The predicted molar refractivity (Wildman–Crippen MR) is 112 cm³/mol. The molecule has 1 aliphatic rings. The van der Waals surface area contributed by atoms with Crippen molar-refractivity contribution in [2.75, 3.05) is 18.6 Å². The van der Waals surface area contributed by atoms with Crippen molar-refractivity contribution in [2.24, 2.45) is 0 Å². The van der Waals surface area contributed by atoms with Gasteiger partial charge in [0.05, 0.1) is 34.7 Å². The third kappa shape index (κ3) is 3.57. The van der Waals surface area contributed by atoms with Crippen LogP contribution < -0.4 is 4.90 Å². The molecule has 1 fully saturated rings. The van der Waals surface area contributed by atoms with Crippen molar-refractivity contribution < 1.29 is 19.1 Å². The fraction of sp³-hybridized carbons (Fsp3) is 0.300. The van der Waals surface area contributed by atoms with Gasteiger partial charge in [0.15, 0.2) is 6.04 Å². The first-order valence-corrected chi connectivity index (χ1v) is 9.95. The first-order valence-electron chi connectivity index (χ1n) is 9.19. The van der Waals surface area contributed by atoms with Crippen LogP contribution in [0.1, 0.15) is 13.3 Å². The molecule has 1 aromatic carbocycles. The average Bonchev–Trinajstić information content (AvgIpc) is 3.39. The van der Waals surface area contributed by atoms with Gasteiger partial charge in [-0.1, -0.05) is 23.2 Å². The van der Waals surface area contributed by atoms with Gasteiger partial charge in [-0.15, -0.1) is 0 Å². The summed E-state index contributed by atoms with van der Waals surface area (Å²) >= 11 is 12.7. The van der Waals surface area contributed by atoms with Crippen LogP contribution in [0.25, 0.3) is 16.6 Å². The van der Waals surface area contributed by atoms with Crippen LogP contribution in [0.4, 0.5) is 5.82 Å². The molecule has 30 heavy (non-hydrogen) atoms. The van der Waals surface area contributed by atoms with E-state index in [1.807, 2.05) is 16.7 Å². The van der Waals surface area contributed by atoms with E-state index in [1.165, 1.54) is 14.0 Å². The van der Waals surface area contributed by atoms with Crippen LogP contribution in [-0.4, -0.2) is 52.3 Å². The topological polar surface area (TPSA) is 86.5 Å². The molecule has 10 heteroatoms. The molecular formula is C20H18Cl2N4O4. The minimum Gasteiger partial charge on any atom is -0.467 e. The van der Waals surface area contributed by atoms with E-state index >= 15 is 0 Å². The molecule has 0 radical (unpaired) electrons. The van der Waals surface area contributed by atoms with E-state index in [2.05, 4.69) is 4.98 Å². The molecule has 0 bridgehead atoms. The summed E-state index contributed by atoms with van der Waals surface area (Å²) < 4.78 is 12.2. The number of nitrogens with zero attached hydrogens (tertiary/aromatic N) is 4. The Balaban J connectivity index is 1.88. The number of carbonyl (C=O) groups excluding carboxylic acids is 2. The van der Waals surface area contributed by atoms with Crippen molar-refractivity contribution in [2.45, 2.75) is 25.5 Å². The zero-order valence-corrected chi connectivity index (χ0v) is 17.7. The Labute approximate surface area is 182 Å². The summed E-state index contributed by atoms with van der Waals surface area (Å²) in [5.74, 6) is -0.487. The monoisotopic (exact) mass is 448 g/mol. The van der Waals surface area contributed by atoms with Crippen LogP contribution in [0.15, 0.2) is 36.9 Å². The molecule has 0 aliphatic carbocycles. The van der Waals surface area contributed by atoms with Gasteiger partial charge in [0, 0.05) is 43.7 Å². The molecule has 0 N–H and O–H groups in total. The second-order valence-electron chi connectivity index (χ2n) is 6.83. The molecule has 3 aromatic rings. The van der Waals surface area contributed by atoms with Gasteiger partial charge in [0.25, 0.3) is 0 Å². The second-order valence-corrected chi connectivity index (χ2v) is 7.61. The molecule has 4 rings (SSSR count). The van der Waals surface area contributed by atoms with Gasteiger partial charge in [-0.3, -0.25) is 4.79 Å². The minimum atomic E-state index is -0.822. The lowest BCUT2D eigenvalue weighted by Gasteiger charge is -2.27. The lowest BCUT2D eigenvalue weighted by molar-refractivity contribution is -0.152. The van der Waals surface area contributed by atoms with Gasteiger partial charge in [0.2, 0.25) is 0 Å². The lowest BCUT2D eigenvalue weighted by Crippen LogP contribution is -2.44. The number of hydrogen-bond acceptors (Lipinski definition) is 7. The number of ether oxygens (including phenoxy) is 2. The Morgan fingerprint density at radius 1 is 1.27 bits per heavy atom. The summed E-state index contributed by atoms with van der Waals surface area (Å²) in [6.45, 7) is 1.75. The summed E-state index contributed by atoms with van der Waals surface area (Å²) in [4.78, 5) is 34.6. The second kappa shape index (κ2) is 8.12. The third-order valence-corrected chi connectivity index (χ3v) is 5.81. The number of carbonyl (C=O) groups is 2. The van der Waals surface area contributed by atoms with Crippen LogP contribution in [0, 0.1) is 0 Å². The summed E-state index contributed by atoms with van der Waals surface area (Å²) in [5, 5.41) is 1.45. The number of halogens is 2. The highest BCUT2D eigenvalue weighted by molar-refractivity contribution is 6.45. The van der Waals surface area contributed by atoms with E-state index in [0.29, 0.717) is 34.3 Å². The maximum atomic E-state index is 12.5. The number of benzene rings is 1. The number of pyridine rings is 1. The van der Waals surface area contributed by atoms with Crippen LogP contribution in [0.2, 0.25) is 10.0 Å². The van der Waals surface area contributed by atoms with E-state index in [1.54, 1.807) is 29.7 Å². The van der Waals surface area contributed by atoms with Gasteiger partial charge in [0.1, 0.15) is 11.9 Å². The zero-order chi connectivity index (χ0) is 21.4. The van der Waals surface area contributed by atoms with Gasteiger partial charge in [-0.25, -0.2) is 14.8 Å². The Morgan fingerprint density at radius 2 is 2.07 bits per heavy atom. The van der Waals surface area contributed by atoms with E-state index in [0.717, 1.165) is 11.1 Å². The molecule has 1 saturated heterocycles. The number of aromatic nitrogens is 3. The normalized spacial score (nSPS) is 18.6. The predicted octanol–water partition coefficient (Wildman–Crippen LogP) is 3.41. The summed E-state index contributed by atoms with van der Waals surface area (Å²) in [6.07, 6.45) is 4.93. The van der Waals surface area contributed by atoms with Crippen molar-refractivity contribution in [1.82, 2.24) is 14.5 Å². The smallest absolute Gasteiger partial charge is 0.332 e. The minimum absolute atomic E-state index is 0.308. The average molecular weight is 449 g/mol.